The summed E-state index contributed by atoms with van der Waals surface area (Å²) in [5.41, 5.74) is 9.73. The van der Waals surface area contributed by atoms with Crippen LogP contribution in [0, 0.1) is 17.9 Å². The average molecular weight is 568 g/mol. The van der Waals surface area contributed by atoms with Crippen molar-refractivity contribution in [2.45, 2.75) is 6.42 Å². The topological polar surface area (TPSA) is 40.6 Å². The Morgan fingerprint density at radius 3 is 1.61 bits per heavy atom. The molecular weight excluding hydrogens is 538 g/mol. The molecule has 0 aromatic heterocycles. The van der Waals surface area contributed by atoms with Crippen molar-refractivity contribution in [3.05, 3.63) is 180 Å². The Morgan fingerprint density at radius 1 is 0.659 bits per heavy atom. The maximum absolute atomic E-state index is 9.23. The van der Waals surface area contributed by atoms with Crippen LogP contribution >= 0.6 is 0 Å². The number of nitrogens with zero attached hydrogens (tertiary/aromatic N) is 3. The summed E-state index contributed by atoms with van der Waals surface area (Å²) in [5.74, 6) is 0.644. The number of allylic oxidation sites excluding steroid dienone is 3. The van der Waals surface area contributed by atoms with Crippen molar-refractivity contribution in [3.8, 4) is 28.3 Å². The predicted octanol–water partition coefficient (Wildman–Crippen LogP) is 10.5. The highest BCUT2D eigenvalue weighted by Crippen LogP contribution is 2.37. The van der Waals surface area contributed by atoms with Gasteiger partial charge in [-0.25, -0.2) is 10.1 Å². The lowest BCUT2D eigenvalue weighted by molar-refractivity contribution is 0.219. The van der Waals surface area contributed by atoms with E-state index in [0.29, 0.717) is 18.8 Å². The number of anilines is 3. The molecule has 0 N–H and O–H groups in total. The maximum atomic E-state index is 9.23. The first-order valence-corrected chi connectivity index (χ1v) is 14.5. The average Bonchev–Trinajstić information content (AvgIpc) is 3.10. The fourth-order valence-electron chi connectivity index (χ4n) is 5.24. The van der Waals surface area contributed by atoms with Gasteiger partial charge >= 0.3 is 0 Å². The van der Waals surface area contributed by atoms with E-state index >= 15 is 0 Å². The van der Waals surface area contributed by atoms with Gasteiger partial charge in [-0.15, -0.1) is 0 Å². The third kappa shape index (κ3) is 6.36. The molecule has 6 rings (SSSR count). The van der Waals surface area contributed by atoms with Crippen molar-refractivity contribution in [2.75, 3.05) is 11.5 Å². The number of rotatable bonds is 7. The highest BCUT2D eigenvalue weighted by Gasteiger charge is 2.14. The smallest absolute Gasteiger partial charge is 0.265 e. The highest BCUT2D eigenvalue weighted by molar-refractivity contribution is 5.80. The summed E-state index contributed by atoms with van der Waals surface area (Å²) in [6.45, 7) is 7.68. The molecule has 0 bridgehead atoms. The van der Waals surface area contributed by atoms with Crippen molar-refractivity contribution < 1.29 is 4.74 Å². The van der Waals surface area contributed by atoms with Gasteiger partial charge < -0.3 is 9.64 Å². The Labute approximate surface area is 258 Å². The Kier molecular flexibility index (Phi) is 8.45. The van der Waals surface area contributed by atoms with Gasteiger partial charge in [0.05, 0.1) is 19.2 Å². The standard InChI is InChI=1S/C40H29N3O/c1-42-40(29-41)35-26-27-44-39(28-35)25-14-30-12-19-36(20-13-30)43(37-21-15-33(16-22-37)31-8-4-2-5-9-31)38-23-17-34(18-24-38)32-10-6-3-7-11-32/h2-25,28H,26-27H2/b25-14+,40-35-. The molecule has 1 aliphatic rings. The Balaban J connectivity index is 1.31. The molecule has 4 heteroatoms. The van der Waals surface area contributed by atoms with Crippen LogP contribution < -0.4 is 4.90 Å². The van der Waals surface area contributed by atoms with Gasteiger partial charge in [-0.05, 0) is 88.4 Å². The molecule has 0 radical (unpaired) electrons. The van der Waals surface area contributed by atoms with Crippen LogP contribution in [0.5, 0.6) is 0 Å². The minimum atomic E-state index is 0.122. The first-order chi connectivity index (χ1) is 21.7. The molecule has 5 aromatic rings. The molecule has 4 nitrogen and oxygen atoms in total. The van der Waals surface area contributed by atoms with Crippen LogP contribution in [-0.4, -0.2) is 6.61 Å². The van der Waals surface area contributed by atoms with Crippen LogP contribution in [0.25, 0.3) is 33.2 Å². The predicted molar refractivity (Wildman–Crippen MR) is 179 cm³/mol. The molecule has 0 atom stereocenters. The summed E-state index contributed by atoms with van der Waals surface area (Å²) in [7, 11) is 0. The van der Waals surface area contributed by atoms with Crippen LogP contribution in [0.3, 0.4) is 0 Å². The van der Waals surface area contributed by atoms with E-state index < -0.39 is 0 Å². The molecule has 0 unspecified atom stereocenters. The molecule has 0 saturated heterocycles. The summed E-state index contributed by atoms with van der Waals surface area (Å²) >= 11 is 0. The van der Waals surface area contributed by atoms with Gasteiger partial charge in [0.1, 0.15) is 5.76 Å². The molecule has 210 valence electrons. The monoisotopic (exact) mass is 567 g/mol. The number of nitriles is 1. The highest BCUT2D eigenvalue weighted by atomic mass is 16.5. The van der Waals surface area contributed by atoms with E-state index in [1.165, 1.54) is 22.3 Å². The second kappa shape index (κ2) is 13.3. The fraction of sp³-hybridized carbons (Fsp3) is 0.0500. The van der Waals surface area contributed by atoms with Gasteiger partial charge in [0, 0.05) is 17.1 Å². The summed E-state index contributed by atoms with van der Waals surface area (Å²) < 4.78 is 5.75. The first kappa shape index (κ1) is 28.0. The SMILES string of the molecule is [C-]#[N+]/C(C#N)=C1C=C(/C=C/c2ccc(N(c3ccc(-c4ccccc4)cc3)c3ccc(-c4ccccc4)cc3)cc2)OCC\1. The molecule has 5 aromatic carbocycles. The summed E-state index contributed by atoms with van der Waals surface area (Å²) in [4.78, 5) is 5.60. The quantitative estimate of drug-likeness (QED) is 0.145. The zero-order chi connectivity index (χ0) is 30.1. The van der Waals surface area contributed by atoms with Gasteiger partial charge in [0.15, 0.2) is 0 Å². The van der Waals surface area contributed by atoms with Crippen LogP contribution in [0.15, 0.2) is 163 Å². The van der Waals surface area contributed by atoms with E-state index in [4.69, 9.17) is 11.3 Å². The minimum absolute atomic E-state index is 0.122. The van der Waals surface area contributed by atoms with Crippen molar-refractivity contribution >= 4 is 23.1 Å². The normalized spacial score (nSPS) is 13.7. The van der Waals surface area contributed by atoms with E-state index in [1.54, 1.807) is 6.08 Å². The Bertz CT molecular complexity index is 1810. The molecule has 1 heterocycles. The van der Waals surface area contributed by atoms with E-state index in [2.05, 4.69) is 131 Å². The molecule has 0 spiro atoms. The Morgan fingerprint density at radius 2 is 1.14 bits per heavy atom. The van der Waals surface area contributed by atoms with Crippen molar-refractivity contribution in [3.63, 3.8) is 0 Å². The van der Waals surface area contributed by atoms with E-state index in [1.807, 2.05) is 30.4 Å². The largest absolute Gasteiger partial charge is 0.493 e. The summed E-state index contributed by atoms with van der Waals surface area (Å²) in [6, 6.07) is 48.5. The fourth-order valence-corrected chi connectivity index (χ4v) is 5.24. The van der Waals surface area contributed by atoms with E-state index in [9.17, 15) is 5.26 Å². The van der Waals surface area contributed by atoms with Crippen LogP contribution in [0.1, 0.15) is 12.0 Å². The minimum Gasteiger partial charge on any atom is -0.493 e. The zero-order valence-electron chi connectivity index (χ0n) is 24.1. The molecule has 0 aliphatic carbocycles. The van der Waals surface area contributed by atoms with Gasteiger partial charge in [0.2, 0.25) is 0 Å². The van der Waals surface area contributed by atoms with E-state index in [-0.39, 0.29) is 5.70 Å². The summed E-state index contributed by atoms with van der Waals surface area (Å²) in [5, 5.41) is 9.23. The van der Waals surface area contributed by atoms with Crippen molar-refractivity contribution in [1.29, 1.82) is 5.26 Å². The second-order valence-electron chi connectivity index (χ2n) is 10.3. The Hall–Kier alpha value is -6.10. The maximum Gasteiger partial charge on any atom is 0.265 e. The first-order valence-electron chi connectivity index (χ1n) is 14.5. The zero-order valence-corrected chi connectivity index (χ0v) is 24.1. The second-order valence-corrected chi connectivity index (χ2v) is 10.3. The van der Waals surface area contributed by atoms with Gasteiger partial charge in [-0.1, -0.05) is 103 Å². The molecule has 1 aliphatic heterocycles. The lowest BCUT2D eigenvalue weighted by atomic mass is 10.0. The number of ether oxygens (including phenoxy) is 1. The molecule has 0 fully saturated rings. The van der Waals surface area contributed by atoms with Crippen LogP contribution in [0.4, 0.5) is 17.1 Å². The lowest BCUT2D eigenvalue weighted by Gasteiger charge is -2.26. The molecule has 0 saturated carbocycles. The third-order valence-corrected chi connectivity index (χ3v) is 7.54. The molecule has 0 amide bonds. The van der Waals surface area contributed by atoms with Gasteiger partial charge in [0.25, 0.3) is 5.70 Å². The van der Waals surface area contributed by atoms with E-state index in [0.717, 1.165) is 28.2 Å². The molecule has 44 heavy (non-hydrogen) atoms. The molecular formula is C40H29N3O. The number of hydrogen-bond donors (Lipinski definition) is 0. The summed E-state index contributed by atoms with van der Waals surface area (Å²) in [6.07, 6.45) is 6.21. The number of benzene rings is 5. The van der Waals surface area contributed by atoms with Gasteiger partial charge in [-0.2, -0.15) is 0 Å². The van der Waals surface area contributed by atoms with Crippen molar-refractivity contribution in [1.82, 2.24) is 0 Å². The van der Waals surface area contributed by atoms with Crippen LogP contribution in [-0.2, 0) is 4.74 Å². The third-order valence-electron chi connectivity index (χ3n) is 7.54. The van der Waals surface area contributed by atoms with Crippen molar-refractivity contribution in [2.24, 2.45) is 0 Å². The van der Waals surface area contributed by atoms with Gasteiger partial charge in [-0.3, -0.25) is 0 Å². The number of hydrogen-bond acceptors (Lipinski definition) is 3. The van der Waals surface area contributed by atoms with Crippen LogP contribution in [0.2, 0.25) is 0 Å². The lowest BCUT2D eigenvalue weighted by Crippen LogP contribution is -2.09.